The summed E-state index contributed by atoms with van der Waals surface area (Å²) < 4.78 is 48.5. The smallest absolute Gasteiger partial charge is 0.414 e. The number of hydrogen-bond acceptors (Lipinski definition) is 3. The lowest BCUT2D eigenvalue weighted by Crippen LogP contribution is -2.30. The van der Waals surface area contributed by atoms with Crippen molar-refractivity contribution >= 4 is 0 Å². The van der Waals surface area contributed by atoms with E-state index in [1.54, 1.807) is 42.7 Å². The van der Waals surface area contributed by atoms with Gasteiger partial charge in [0.05, 0.1) is 6.26 Å². The number of furan rings is 1. The van der Waals surface area contributed by atoms with Gasteiger partial charge in [0.25, 0.3) is 0 Å². The van der Waals surface area contributed by atoms with E-state index in [0.717, 1.165) is 5.56 Å². The monoisotopic (exact) mass is 348 g/mol. The lowest BCUT2D eigenvalue weighted by atomic mass is 10.1. The first-order valence-corrected chi connectivity index (χ1v) is 7.57. The molecule has 3 aromatic rings. The molecular formula is C19H15F3O3. The Morgan fingerprint density at radius 2 is 1.68 bits per heavy atom. The fraction of sp³-hybridized carbons (Fsp3) is 0.158. The predicted octanol–water partition coefficient (Wildman–Crippen LogP) is 5.20. The van der Waals surface area contributed by atoms with Crippen LogP contribution in [0.4, 0.5) is 13.2 Å². The van der Waals surface area contributed by atoms with Gasteiger partial charge in [0.1, 0.15) is 17.3 Å². The number of alkyl halides is 3. The highest BCUT2D eigenvalue weighted by molar-refractivity contribution is 5.59. The van der Waals surface area contributed by atoms with Crippen molar-refractivity contribution < 1.29 is 27.4 Å². The predicted molar refractivity (Wildman–Crippen MR) is 86.4 cm³/mol. The van der Waals surface area contributed by atoms with Crippen molar-refractivity contribution in [2.75, 3.05) is 0 Å². The summed E-state index contributed by atoms with van der Waals surface area (Å²) in [5.74, 6) is 1.61. The molecule has 0 fully saturated rings. The first-order valence-electron chi connectivity index (χ1n) is 7.57. The second-order valence-electron chi connectivity index (χ2n) is 5.52. The van der Waals surface area contributed by atoms with E-state index < -0.39 is 18.7 Å². The molecule has 0 bridgehead atoms. The third-order valence-corrected chi connectivity index (χ3v) is 3.58. The van der Waals surface area contributed by atoms with E-state index in [0.29, 0.717) is 22.8 Å². The van der Waals surface area contributed by atoms with Crippen LogP contribution in [0.15, 0.2) is 71.3 Å². The molecule has 0 aliphatic carbocycles. The van der Waals surface area contributed by atoms with Gasteiger partial charge in [-0.15, -0.1) is 0 Å². The molecule has 1 N–H and O–H groups in total. The number of hydrogen-bond donors (Lipinski definition) is 1. The van der Waals surface area contributed by atoms with Gasteiger partial charge in [-0.1, -0.05) is 24.3 Å². The number of ether oxygens (including phenoxy) is 1. The Morgan fingerprint density at radius 1 is 0.960 bits per heavy atom. The minimum Gasteiger partial charge on any atom is -0.464 e. The number of aliphatic hydroxyl groups is 1. The summed E-state index contributed by atoms with van der Waals surface area (Å²) in [6.07, 6.45) is -6.00. The van der Waals surface area contributed by atoms with Crippen molar-refractivity contribution in [3.05, 3.63) is 72.5 Å². The van der Waals surface area contributed by atoms with E-state index in [4.69, 9.17) is 9.15 Å². The van der Waals surface area contributed by atoms with E-state index in [2.05, 4.69) is 0 Å². The highest BCUT2D eigenvalue weighted by Crippen LogP contribution is 2.29. The summed E-state index contributed by atoms with van der Waals surface area (Å²) in [7, 11) is 0. The number of rotatable bonds is 5. The van der Waals surface area contributed by atoms with Crippen molar-refractivity contribution in [1.29, 1.82) is 0 Å². The second kappa shape index (κ2) is 7.03. The summed E-state index contributed by atoms with van der Waals surface area (Å²) >= 11 is 0. The molecule has 1 atom stereocenters. The maximum absolute atomic E-state index is 12.5. The summed E-state index contributed by atoms with van der Waals surface area (Å²) in [5, 5.41) is 9.19. The molecule has 25 heavy (non-hydrogen) atoms. The van der Waals surface area contributed by atoms with Crippen LogP contribution in [0.1, 0.15) is 5.56 Å². The van der Waals surface area contributed by atoms with E-state index in [1.165, 1.54) is 12.1 Å². The van der Waals surface area contributed by atoms with Gasteiger partial charge in [-0.25, -0.2) is 0 Å². The topological polar surface area (TPSA) is 42.6 Å². The number of aliphatic hydroxyl groups excluding tert-OH is 1. The Balaban J connectivity index is 1.75. The average Bonchev–Trinajstić information content (AvgIpc) is 3.09. The zero-order valence-corrected chi connectivity index (χ0v) is 13.0. The normalized spacial score (nSPS) is 12.8. The minimum absolute atomic E-state index is 0.338. The maximum atomic E-state index is 12.5. The molecule has 0 radical (unpaired) electrons. The van der Waals surface area contributed by atoms with Gasteiger partial charge in [0.15, 0.2) is 6.10 Å². The molecule has 0 unspecified atom stereocenters. The lowest BCUT2D eigenvalue weighted by molar-refractivity contribution is -0.203. The van der Waals surface area contributed by atoms with Gasteiger partial charge in [-0.3, -0.25) is 0 Å². The highest BCUT2D eigenvalue weighted by Gasteiger charge is 2.37. The second-order valence-corrected chi connectivity index (χ2v) is 5.52. The van der Waals surface area contributed by atoms with Gasteiger partial charge in [-0.05, 0) is 42.0 Å². The van der Waals surface area contributed by atoms with Gasteiger partial charge in [0, 0.05) is 12.0 Å². The Hall–Kier alpha value is -2.73. The van der Waals surface area contributed by atoms with Crippen molar-refractivity contribution in [1.82, 2.24) is 0 Å². The molecule has 0 aliphatic heterocycles. The number of benzene rings is 2. The fourth-order valence-electron chi connectivity index (χ4n) is 2.37. The molecule has 1 heterocycles. The molecule has 0 saturated heterocycles. The third-order valence-electron chi connectivity index (χ3n) is 3.58. The lowest BCUT2D eigenvalue weighted by Gasteiger charge is -2.15. The molecule has 0 spiro atoms. The van der Waals surface area contributed by atoms with Crippen LogP contribution in [0.2, 0.25) is 0 Å². The summed E-state index contributed by atoms with van der Waals surface area (Å²) in [5.41, 5.74) is 1.16. The Labute approximate surface area is 142 Å². The van der Waals surface area contributed by atoms with Crippen LogP contribution in [0.3, 0.4) is 0 Å². The molecule has 0 aliphatic rings. The van der Waals surface area contributed by atoms with Crippen molar-refractivity contribution in [2.24, 2.45) is 0 Å². The fourth-order valence-corrected chi connectivity index (χ4v) is 2.37. The SMILES string of the molecule is O[C@H](Cc1cccc(Oc2cccc(-c3ccco3)c2)c1)C(F)(F)F. The molecule has 0 amide bonds. The van der Waals surface area contributed by atoms with E-state index in [-0.39, 0.29) is 0 Å². The summed E-state index contributed by atoms with van der Waals surface area (Å²) in [6.45, 7) is 0. The van der Waals surface area contributed by atoms with Crippen LogP contribution in [-0.4, -0.2) is 17.4 Å². The van der Waals surface area contributed by atoms with Crippen LogP contribution in [0, 0.1) is 0 Å². The first kappa shape index (κ1) is 17.1. The Morgan fingerprint density at radius 3 is 2.36 bits per heavy atom. The number of halogens is 3. The molecule has 6 heteroatoms. The van der Waals surface area contributed by atoms with Gasteiger partial charge in [0.2, 0.25) is 0 Å². The quantitative estimate of drug-likeness (QED) is 0.689. The van der Waals surface area contributed by atoms with Gasteiger partial charge >= 0.3 is 6.18 Å². The first-order chi connectivity index (χ1) is 11.9. The molecule has 130 valence electrons. The molecule has 3 nitrogen and oxygen atoms in total. The molecule has 3 rings (SSSR count). The largest absolute Gasteiger partial charge is 0.464 e. The zero-order valence-electron chi connectivity index (χ0n) is 13.0. The summed E-state index contributed by atoms with van der Waals surface area (Å²) in [6, 6.07) is 17.0. The van der Waals surface area contributed by atoms with Gasteiger partial charge in [-0.2, -0.15) is 13.2 Å². The van der Waals surface area contributed by atoms with Crippen LogP contribution < -0.4 is 4.74 Å². The van der Waals surface area contributed by atoms with Crippen LogP contribution in [-0.2, 0) is 6.42 Å². The van der Waals surface area contributed by atoms with Crippen LogP contribution >= 0.6 is 0 Å². The van der Waals surface area contributed by atoms with Crippen molar-refractivity contribution in [3.63, 3.8) is 0 Å². The molecular weight excluding hydrogens is 333 g/mol. The van der Waals surface area contributed by atoms with E-state index in [9.17, 15) is 18.3 Å². The molecule has 0 saturated carbocycles. The molecule has 2 aromatic carbocycles. The van der Waals surface area contributed by atoms with Crippen LogP contribution in [0.25, 0.3) is 11.3 Å². The van der Waals surface area contributed by atoms with E-state index in [1.807, 2.05) is 12.1 Å². The third kappa shape index (κ3) is 4.42. The standard InChI is InChI=1S/C19H15F3O3/c20-19(21,22)18(23)11-13-4-1-6-15(10-13)25-16-7-2-5-14(12-16)17-8-3-9-24-17/h1-10,12,18,23H,11H2/t18-/m1/s1. The summed E-state index contributed by atoms with van der Waals surface area (Å²) in [4.78, 5) is 0. The Kier molecular flexibility index (Phi) is 4.81. The Bertz CT molecular complexity index is 826. The zero-order chi connectivity index (χ0) is 17.9. The van der Waals surface area contributed by atoms with Crippen LogP contribution in [0.5, 0.6) is 11.5 Å². The van der Waals surface area contributed by atoms with Gasteiger partial charge < -0.3 is 14.3 Å². The van der Waals surface area contributed by atoms with Crippen molar-refractivity contribution in [2.45, 2.75) is 18.7 Å². The van der Waals surface area contributed by atoms with Crippen molar-refractivity contribution in [3.8, 4) is 22.8 Å². The molecule has 1 aromatic heterocycles. The average molecular weight is 348 g/mol. The minimum atomic E-state index is -4.64. The maximum Gasteiger partial charge on any atom is 0.414 e. The highest BCUT2D eigenvalue weighted by atomic mass is 19.4. The van der Waals surface area contributed by atoms with E-state index >= 15 is 0 Å².